The van der Waals surface area contributed by atoms with E-state index in [1.165, 1.54) is 17.8 Å². The van der Waals surface area contributed by atoms with E-state index >= 15 is 4.39 Å². The Kier molecular flexibility index (Phi) is 8.52. The number of hydrogen-bond donors (Lipinski definition) is 1. The number of pyridine rings is 1. The summed E-state index contributed by atoms with van der Waals surface area (Å²) in [4.78, 5) is 53.1. The van der Waals surface area contributed by atoms with Gasteiger partial charge in [-0.1, -0.05) is 39.8 Å². The van der Waals surface area contributed by atoms with Crippen molar-refractivity contribution < 1.29 is 14.0 Å². The molecule has 9 nitrogen and oxygen atoms in total. The fraction of sp³-hybridized carbons (Fsp3) is 0.576. The van der Waals surface area contributed by atoms with E-state index in [9.17, 15) is 14.4 Å². The molecule has 3 atom stereocenters. The highest BCUT2D eigenvalue weighted by Crippen LogP contribution is 2.49. The van der Waals surface area contributed by atoms with Gasteiger partial charge in [0.2, 0.25) is 11.8 Å². The zero-order valence-corrected chi connectivity index (χ0v) is 26.9. The van der Waals surface area contributed by atoms with Crippen molar-refractivity contribution in [3.63, 3.8) is 0 Å². The summed E-state index contributed by atoms with van der Waals surface area (Å²) >= 11 is 1.49. The molecule has 0 radical (unpaired) electrons. The van der Waals surface area contributed by atoms with E-state index in [4.69, 9.17) is 0 Å². The molecule has 0 spiro atoms. The van der Waals surface area contributed by atoms with Gasteiger partial charge in [0.15, 0.2) is 5.65 Å². The smallest absolute Gasteiger partial charge is 0.327 e. The summed E-state index contributed by atoms with van der Waals surface area (Å²) in [6.07, 6.45) is 4.89. The number of fused-ring (bicyclic) bond motifs is 1. The lowest BCUT2D eigenvalue weighted by Gasteiger charge is -2.33. The maximum Gasteiger partial charge on any atom is 0.327 e. The Bertz CT molecular complexity index is 1590. The molecule has 11 heteroatoms. The number of hydrogen-bond acceptors (Lipinski definition) is 6. The number of imidazole rings is 1. The molecule has 3 aliphatic rings. The van der Waals surface area contributed by atoms with Gasteiger partial charge in [-0.3, -0.25) is 19.1 Å². The van der Waals surface area contributed by atoms with Crippen molar-refractivity contribution in [3.8, 4) is 0 Å². The van der Waals surface area contributed by atoms with E-state index in [2.05, 4.69) is 42.6 Å². The van der Waals surface area contributed by atoms with Crippen LogP contribution in [-0.2, 0) is 9.59 Å². The standard InChI is InChI=1S/C33H43FN6O3S/c1-21-10-15-38(20-21)28-23(7-5-8-24(28)34)31-39(18-13-33(2,3)4)30(42)26(44-31)19-27(41)37-16-11-22(12-17-37)40-25-9-6-14-35-29(25)36-32(40)43/h5-9,14,21-22,26,31H,10-13,15-20H2,1-4H3,(H,35,36,43)/t21?,26-,31-/m0/s1. The second kappa shape index (κ2) is 12.2. The minimum Gasteiger partial charge on any atom is -0.369 e. The van der Waals surface area contributed by atoms with Gasteiger partial charge in [0.1, 0.15) is 11.2 Å². The Morgan fingerprint density at radius 1 is 1.09 bits per heavy atom. The molecule has 1 unspecified atom stereocenters. The number of aromatic amines is 1. The molecule has 5 heterocycles. The molecule has 1 aromatic carbocycles. The normalized spacial score (nSPS) is 23.3. The van der Waals surface area contributed by atoms with Crippen LogP contribution in [0.15, 0.2) is 41.3 Å². The highest BCUT2D eigenvalue weighted by atomic mass is 32.2. The predicted octanol–water partition coefficient (Wildman–Crippen LogP) is 5.34. The van der Waals surface area contributed by atoms with Gasteiger partial charge in [0.25, 0.3) is 0 Å². The number of anilines is 1. The number of nitrogens with one attached hydrogen (secondary N) is 1. The summed E-state index contributed by atoms with van der Waals surface area (Å²) in [5.74, 6) is 0.132. The Hall–Kier alpha value is -3.34. The molecule has 3 aromatic rings. The molecule has 3 saturated heterocycles. The second-order valence-electron chi connectivity index (χ2n) is 13.8. The largest absolute Gasteiger partial charge is 0.369 e. The first-order valence-corrected chi connectivity index (χ1v) is 16.8. The number of carbonyl (C=O) groups excluding carboxylic acids is 2. The van der Waals surface area contributed by atoms with Crippen LogP contribution < -0.4 is 10.6 Å². The summed E-state index contributed by atoms with van der Waals surface area (Å²) in [7, 11) is 0. The summed E-state index contributed by atoms with van der Waals surface area (Å²) in [6.45, 7) is 11.8. The SMILES string of the molecule is CC1CCN(c2c(F)cccc2[C@@H]2S[C@@H](CC(=O)N3CCC(n4c(=O)[nH]c5ncccc54)CC3)C(=O)N2CCC(C)(C)C)C1. The minimum absolute atomic E-state index is 0.0196. The molecule has 2 aromatic heterocycles. The molecule has 3 aliphatic heterocycles. The lowest BCUT2D eigenvalue weighted by atomic mass is 9.92. The first kappa shape index (κ1) is 30.7. The van der Waals surface area contributed by atoms with Crippen molar-refractivity contribution in [3.05, 3.63) is 58.4 Å². The van der Waals surface area contributed by atoms with Crippen LogP contribution in [0.4, 0.5) is 10.1 Å². The average Bonchev–Trinajstić information content (AvgIpc) is 3.65. The number of benzene rings is 1. The van der Waals surface area contributed by atoms with Crippen molar-refractivity contribution in [1.82, 2.24) is 24.3 Å². The third-order valence-electron chi connectivity index (χ3n) is 9.29. The number of para-hydroxylation sites is 1. The fourth-order valence-corrected chi connectivity index (χ4v) is 8.33. The maximum atomic E-state index is 15.4. The van der Waals surface area contributed by atoms with Gasteiger partial charge < -0.3 is 14.7 Å². The molecule has 0 bridgehead atoms. The summed E-state index contributed by atoms with van der Waals surface area (Å²) < 4.78 is 17.2. The predicted molar refractivity (Wildman–Crippen MR) is 172 cm³/mol. The Labute approximate surface area is 262 Å². The van der Waals surface area contributed by atoms with E-state index in [1.54, 1.807) is 16.8 Å². The van der Waals surface area contributed by atoms with Crippen molar-refractivity contribution >= 4 is 40.4 Å². The minimum atomic E-state index is -0.527. The number of nitrogens with zero attached hydrogens (tertiary/aromatic N) is 5. The van der Waals surface area contributed by atoms with Crippen molar-refractivity contribution in [1.29, 1.82) is 0 Å². The Morgan fingerprint density at radius 2 is 1.86 bits per heavy atom. The number of H-pyrrole nitrogens is 1. The van der Waals surface area contributed by atoms with Crippen molar-refractivity contribution in [2.24, 2.45) is 11.3 Å². The molecule has 236 valence electrons. The van der Waals surface area contributed by atoms with Crippen LogP contribution in [0.1, 0.15) is 76.8 Å². The molecule has 44 heavy (non-hydrogen) atoms. The van der Waals surface area contributed by atoms with Gasteiger partial charge in [-0.2, -0.15) is 0 Å². The molecule has 6 rings (SSSR count). The average molecular weight is 623 g/mol. The van der Waals surface area contributed by atoms with E-state index < -0.39 is 5.25 Å². The second-order valence-corrected chi connectivity index (χ2v) is 15.1. The van der Waals surface area contributed by atoms with Crippen LogP contribution >= 0.6 is 11.8 Å². The Morgan fingerprint density at radius 3 is 2.57 bits per heavy atom. The topological polar surface area (TPSA) is 94.5 Å². The van der Waals surface area contributed by atoms with Gasteiger partial charge in [-0.25, -0.2) is 14.2 Å². The van der Waals surface area contributed by atoms with Crippen molar-refractivity contribution in [2.75, 3.05) is 37.6 Å². The lowest BCUT2D eigenvalue weighted by Crippen LogP contribution is -2.42. The molecule has 1 N–H and O–H groups in total. The maximum absolute atomic E-state index is 15.4. The van der Waals surface area contributed by atoms with Crippen molar-refractivity contribution in [2.45, 2.75) is 76.5 Å². The summed E-state index contributed by atoms with van der Waals surface area (Å²) in [5.41, 5.74) is 2.60. The van der Waals surface area contributed by atoms with Gasteiger partial charge in [0, 0.05) is 56.9 Å². The molecular formula is C33H43FN6O3S. The molecule has 0 aliphatic carbocycles. The number of aromatic nitrogens is 3. The number of carbonyl (C=O) groups is 2. The molecular weight excluding hydrogens is 579 g/mol. The fourth-order valence-electron chi connectivity index (χ4n) is 6.83. The highest BCUT2D eigenvalue weighted by molar-refractivity contribution is 8.01. The third-order valence-corrected chi connectivity index (χ3v) is 10.8. The van der Waals surface area contributed by atoms with E-state index in [0.29, 0.717) is 49.7 Å². The van der Waals surface area contributed by atoms with Crippen LogP contribution in [0.25, 0.3) is 11.2 Å². The van der Waals surface area contributed by atoms with E-state index in [-0.39, 0.29) is 46.6 Å². The third kappa shape index (κ3) is 6.12. The van der Waals surface area contributed by atoms with Crippen LogP contribution in [-0.4, -0.2) is 74.1 Å². The van der Waals surface area contributed by atoms with Crippen LogP contribution in [0.3, 0.4) is 0 Å². The number of thioether (sulfide) groups is 1. The number of amides is 2. The van der Waals surface area contributed by atoms with Crippen LogP contribution in [0.2, 0.25) is 0 Å². The first-order valence-electron chi connectivity index (χ1n) is 15.8. The van der Waals surface area contributed by atoms with Crippen LogP contribution in [0.5, 0.6) is 0 Å². The van der Waals surface area contributed by atoms with Gasteiger partial charge >= 0.3 is 5.69 Å². The molecule has 2 amide bonds. The monoisotopic (exact) mass is 622 g/mol. The number of halogens is 1. The van der Waals surface area contributed by atoms with Crippen LogP contribution in [0, 0.1) is 17.2 Å². The Balaban J connectivity index is 1.18. The summed E-state index contributed by atoms with van der Waals surface area (Å²) in [6, 6.07) is 8.87. The van der Waals surface area contributed by atoms with E-state index in [0.717, 1.165) is 37.0 Å². The summed E-state index contributed by atoms with van der Waals surface area (Å²) in [5, 5.41) is -0.876. The number of rotatable bonds is 7. The zero-order valence-electron chi connectivity index (χ0n) is 26.1. The quantitative estimate of drug-likeness (QED) is 0.382. The van der Waals surface area contributed by atoms with Gasteiger partial charge in [0.05, 0.1) is 16.5 Å². The number of likely N-dealkylation sites (tertiary alicyclic amines) is 1. The zero-order chi connectivity index (χ0) is 31.2. The van der Waals surface area contributed by atoms with Gasteiger partial charge in [-0.05, 0) is 55.2 Å². The van der Waals surface area contributed by atoms with E-state index in [1.807, 2.05) is 28.0 Å². The van der Waals surface area contributed by atoms with Gasteiger partial charge in [-0.15, -0.1) is 11.8 Å². The number of piperidine rings is 1. The highest BCUT2D eigenvalue weighted by Gasteiger charge is 2.44. The molecule has 0 saturated carbocycles. The molecule has 3 fully saturated rings. The lowest BCUT2D eigenvalue weighted by molar-refractivity contribution is -0.136. The first-order chi connectivity index (χ1) is 21.0.